The van der Waals surface area contributed by atoms with Crippen molar-refractivity contribution in [1.29, 1.82) is 0 Å². The maximum atomic E-state index is 13.8. The highest BCUT2D eigenvalue weighted by Crippen LogP contribution is 2.35. The molecule has 192 valence electrons. The fourth-order valence-electron chi connectivity index (χ4n) is 4.73. The van der Waals surface area contributed by atoms with Gasteiger partial charge in [0.25, 0.3) is 5.56 Å². The van der Waals surface area contributed by atoms with Crippen LogP contribution in [0.3, 0.4) is 0 Å². The van der Waals surface area contributed by atoms with Crippen molar-refractivity contribution in [3.8, 4) is 5.75 Å². The molecule has 37 heavy (non-hydrogen) atoms. The van der Waals surface area contributed by atoms with Crippen molar-refractivity contribution in [1.82, 2.24) is 4.57 Å². The van der Waals surface area contributed by atoms with Gasteiger partial charge in [-0.25, -0.2) is 9.79 Å². The number of carbonyl (C=O) groups is 1. The van der Waals surface area contributed by atoms with E-state index in [1.165, 1.54) is 11.3 Å². The van der Waals surface area contributed by atoms with Crippen LogP contribution in [0.4, 0.5) is 5.69 Å². The van der Waals surface area contributed by atoms with Gasteiger partial charge in [-0.05, 0) is 43.7 Å². The van der Waals surface area contributed by atoms with Gasteiger partial charge >= 0.3 is 5.97 Å². The molecule has 3 heterocycles. The van der Waals surface area contributed by atoms with Crippen LogP contribution in [0.25, 0.3) is 6.08 Å². The minimum Gasteiger partial charge on any atom is -0.496 e. The van der Waals surface area contributed by atoms with Gasteiger partial charge in [0.15, 0.2) is 4.80 Å². The maximum absolute atomic E-state index is 13.8. The molecule has 0 bridgehead atoms. The summed E-state index contributed by atoms with van der Waals surface area (Å²) in [7, 11) is 1.57. The van der Waals surface area contributed by atoms with Crippen molar-refractivity contribution in [2.75, 3.05) is 44.9 Å². The van der Waals surface area contributed by atoms with Crippen LogP contribution in [0.2, 0.25) is 0 Å². The van der Waals surface area contributed by atoms with Gasteiger partial charge in [0.2, 0.25) is 0 Å². The van der Waals surface area contributed by atoms with Crippen LogP contribution in [0.5, 0.6) is 5.75 Å². The van der Waals surface area contributed by atoms with E-state index >= 15 is 0 Å². The lowest BCUT2D eigenvalue weighted by molar-refractivity contribution is -0.139. The van der Waals surface area contributed by atoms with Crippen LogP contribution in [0, 0.1) is 0 Å². The summed E-state index contributed by atoms with van der Waals surface area (Å²) in [5.74, 6) is 0.0879. The van der Waals surface area contributed by atoms with E-state index in [1.54, 1.807) is 25.5 Å². The fourth-order valence-corrected chi connectivity index (χ4v) is 5.78. The lowest BCUT2D eigenvalue weighted by atomic mass is 9.95. The van der Waals surface area contributed by atoms with E-state index in [0.29, 0.717) is 31.9 Å². The van der Waals surface area contributed by atoms with E-state index in [9.17, 15) is 9.59 Å². The van der Waals surface area contributed by atoms with Gasteiger partial charge in [0.1, 0.15) is 11.8 Å². The number of morpholine rings is 1. The van der Waals surface area contributed by atoms with Crippen LogP contribution >= 0.6 is 11.3 Å². The zero-order chi connectivity index (χ0) is 25.9. The summed E-state index contributed by atoms with van der Waals surface area (Å²) in [5, 5.41) is 0. The van der Waals surface area contributed by atoms with Crippen LogP contribution in [-0.4, -0.2) is 50.6 Å². The third-order valence-electron chi connectivity index (χ3n) is 6.52. The average molecular weight is 520 g/mol. The quantitative estimate of drug-likeness (QED) is 0.466. The van der Waals surface area contributed by atoms with E-state index in [0.717, 1.165) is 37.6 Å². The second-order valence-electron chi connectivity index (χ2n) is 8.74. The number of ether oxygens (including phenoxy) is 3. The normalized spacial score (nSPS) is 17.9. The molecule has 1 saturated heterocycles. The van der Waals surface area contributed by atoms with Gasteiger partial charge in [-0.2, -0.15) is 0 Å². The average Bonchev–Trinajstić information content (AvgIpc) is 3.23. The monoisotopic (exact) mass is 519 g/mol. The molecule has 0 saturated carbocycles. The van der Waals surface area contributed by atoms with E-state index in [4.69, 9.17) is 14.2 Å². The Hall–Kier alpha value is -3.69. The first-order valence-electron chi connectivity index (χ1n) is 12.3. The van der Waals surface area contributed by atoms with E-state index in [-0.39, 0.29) is 12.2 Å². The second-order valence-corrected chi connectivity index (χ2v) is 9.74. The number of benzene rings is 2. The van der Waals surface area contributed by atoms with Crippen molar-refractivity contribution in [2.24, 2.45) is 4.99 Å². The number of allylic oxidation sites excluding steroid dienone is 1. The molecule has 0 radical (unpaired) electrons. The minimum absolute atomic E-state index is 0.216. The molecule has 0 amide bonds. The number of anilines is 1. The Kier molecular flexibility index (Phi) is 7.25. The Bertz CT molecular complexity index is 1510. The molecule has 0 spiro atoms. The molecule has 0 aliphatic carbocycles. The summed E-state index contributed by atoms with van der Waals surface area (Å²) in [6.07, 6.45) is 1.87. The number of esters is 1. The topological polar surface area (TPSA) is 82.4 Å². The van der Waals surface area contributed by atoms with E-state index < -0.39 is 12.0 Å². The van der Waals surface area contributed by atoms with Gasteiger partial charge in [0.05, 0.1) is 42.7 Å². The van der Waals surface area contributed by atoms with Crippen LogP contribution in [-0.2, 0) is 14.3 Å². The largest absolute Gasteiger partial charge is 0.496 e. The molecule has 8 nitrogen and oxygen atoms in total. The first-order valence-corrected chi connectivity index (χ1v) is 13.1. The van der Waals surface area contributed by atoms with Gasteiger partial charge in [0, 0.05) is 24.3 Å². The maximum Gasteiger partial charge on any atom is 0.338 e. The Morgan fingerprint density at radius 1 is 1.16 bits per heavy atom. The smallest absolute Gasteiger partial charge is 0.338 e. The molecule has 1 atom stereocenters. The van der Waals surface area contributed by atoms with Crippen LogP contribution in [0.1, 0.15) is 31.0 Å². The summed E-state index contributed by atoms with van der Waals surface area (Å²) in [4.78, 5) is 34.3. The number of hydrogen-bond donors (Lipinski definition) is 0. The van der Waals surface area contributed by atoms with Gasteiger partial charge in [-0.15, -0.1) is 0 Å². The third-order valence-corrected chi connectivity index (χ3v) is 7.50. The summed E-state index contributed by atoms with van der Waals surface area (Å²) in [6.45, 7) is 6.93. The number of hydrogen-bond acceptors (Lipinski definition) is 8. The molecule has 5 rings (SSSR count). The number of rotatable bonds is 6. The lowest BCUT2D eigenvalue weighted by Crippen LogP contribution is -2.40. The number of fused-ring (bicyclic) bond motifs is 1. The number of para-hydroxylation sites is 1. The first kappa shape index (κ1) is 25.0. The highest BCUT2D eigenvalue weighted by Gasteiger charge is 2.34. The van der Waals surface area contributed by atoms with Crippen molar-refractivity contribution >= 4 is 29.1 Å². The standard InChI is InChI=1S/C28H29N3O5S/c1-4-36-27(33)24-18(2)29-28-31(25(24)21-7-5-6-8-22(21)34-3)26(32)23(37-28)17-19-9-11-20(12-10-19)30-13-15-35-16-14-30/h5-12,17,25H,4,13-16H2,1-3H3. The van der Waals surface area contributed by atoms with Crippen molar-refractivity contribution in [2.45, 2.75) is 19.9 Å². The highest BCUT2D eigenvalue weighted by molar-refractivity contribution is 7.07. The number of carbonyl (C=O) groups excluding carboxylic acids is 1. The summed E-state index contributed by atoms with van der Waals surface area (Å²) >= 11 is 1.31. The number of methoxy groups -OCH3 is 1. The Labute approximate surface area is 218 Å². The molecule has 2 aliphatic heterocycles. The fraction of sp³-hybridized carbons (Fsp3) is 0.321. The number of nitrogens with zero attached hydrogens (tertiary/aromatic N) is 3. The zero-order valence-corrected chi connectivity index (χ0v) is 21.9. The van der Waals surface area contributed by atoms with Gasteiger partial charge in [-0.3, -0.25) is 9.36 Å². The Morgan fingerprint density at radius 3 is 2.59 bits per heavy atom. The molecule has 3 aromatic rings. The predicted octanol–water partition coefficient (Wildman–Crippen LogP) is 2.64. The van der Waals surface area contributed by atoms with Crippen molar-refractivity contribution < 1.29 is 19.0 Å². The highest BCUT2D eigenvalue weighted by atomic mass is 32.1. The summed E-state index contributed by atoms with van der Waals surface area (Å²) in [5.41, 5.74) is 3.39. The van der Waals surface area contributed by atoms with Gasteiger partial charge in [-0.1, -0.05) is 41.7 Å². The molecule has 2 aromatic carbocycles. The predicted molar refractivity (Wildman–Crippen MR) is 143 cm³/mol. The minimum atomic E-state index is -0.711. The number of thiazole rings is 1. The SMILES string of the molecule is CCOC(=O)C1=C(C)N=c2sc(=Cc3ccc(N4CCOCC4)cc3)c(=O)n2C1c1ccccc1OC. The Morgan fingerprint density at radius 2 is 1.89 bits per heavy atom. The van der Waals surface area contributed by atoms with Crippen molar-refractivity contribution in [3.63, 3.8) is 0 Å². The summed E-state index contributed by atoms with van der Waals surface area (Å²) in [6, 6.07) is 14.8. The van der Waals surface area contributed by atoms with E-state index in [2.05, 4.69) is 22.0 Å². The first-order chi connectivity index (χ1) is 18.0. The lowest BCUT2D eigenvalue weighted by Gasteiger charge is -2.28. The zero-order valence-electron chi connectivity index (χ0n) is 21.1. The Balaban J connectivity index is 1.61. The molecular formula is C28H29N3O5S. The molecule has 1 unspecified atom stereocenters. The third kappa shape index (κ3) is 4.84. The van der Waals surface area contributed by atoms with Gasteiger partial charge < -0.3 is 19.1 Å². The molecule has 9 heteroatoms. The van der Waals surface area contributed by atoms with Crippen molar-refractivity contribution in [3.05, 3.63) is 90.6 Å². The molecule has 1 aromatic heterocycles. The van der Waals surface area contributed by atoms with Crippen LogP contribution in [0.15, 0.2) is 69.6 Å². The molecule has 0 N–H and O–H groups in total. The van der Waals surface area contributed by atoms with Crippen LogP contribution < -0.4 is 24.5 Å². The molecule has 2 aliphatic rings. The van der Waals surface area contributed by atoms with E-state index in [1.807, 2.05) is 42.5 Å². The molecular weight excluding hydrogens is 490 g/mol. The molecule has 1 fully saturated rings. The summed E-state index contributed by atoms with van der Waals surface area (Å²) < 4.78 is 18.5. The second kappa shape index (κ2) is 10.7. The number of aromatic nitrogens is 1.